The monoisotopic (exact) mass is 1020 g/mol. The average molecular weight is 1020 g/mol. The number of fused-ring (bicyclic) bond motifs is 6. The van der Waals surface area contributed by atoms with Gasteiger partial charge in [0.2, 0.25) is 0 Å². The average Bonchev–Trinajstić information content (AvgIpc) is 4.26. The van der Waals surface area contributed by atoms with Crippen LogP contribution in [0.2, 0.25) is 0 Å². The van der Waals surface area contributed by atoms with Gasteiger partial charge in [0.1, 0.15) is 5.60 Å². The normalized spacial score (nSPS) is 16.9. The Labute approximate surface area is 441 Å². The predicted molar refractivity (Wildman–Crippen MR) is 291 cm³/mol. The first-order chi connectivity index (χ1) is 37.6. The lowest BCUT2D eigenvalue weighted by Gasteiger charge is -2.34. The van der Waals surface area contributed by atoms with Crippen molar-refractivity contribution in [2.24, 2.45) is 28.0 Å². The van der Waals surface area contributed by atoms with Crippen LogP contribution in [0.5, 0.6) is 0 Å². The third kappa shape index (κ3) is 9.36. The van der Waals surface area contributed by atoms with Crippen molar-refractivity contribution in [3.63, 3.8) is 0 Å². The molecule has 10 aromatic rings. The van der Waals surface area contributed by atoms with Gasteiger partial charge in [0.05, 0.1) is 75.3 Å². The summed E-state index contributed by atoms with van der Waals surface area (Å²) in [7, 11) is 3.72. The molecule has 1 aliphatic carbocycles. The maximum Gasteiger partial charge on any atom is 0.410 e. The summed E-state index contributed by atoms with van der Waals surface area (Å²) in [5.74, 6) is 0. The molecule has 1 saturated carbocycles. The topological polar surface area (TPSA) is 171 Å². The summed E-state index contributed by atoms with van der Waals surface area (Å²) in [6.07, 6.45) is 19.6. The lowest BCUT2D eigenvalue weighted by atomic mass is 9.95. The van der Waals surface area contributed by atoms with Gasteiger partial charge < -0.3 is 9.64 Å². The molecule has 2 aliphatic rings. The number of aromatic nitrogens is 12. The smallest absolute Gasteiger partial charge is 0.410 e. The summed E-state index contributed by atoms with van der Waals surface area (Å²) in [5, 5.41) is 9.83. The molecule has 0 N–H and O–H groups in total. The highest BCUT2D eigenvalue weighted by atomic mass is 35.5. The second kappa shape index (κ2) is 19.8. The van der Waals surface area contributed by atoms with Gasteiger partial charge in [0.15, 0.2) is 0 Å². The highest BCUT2D eigenvalue weighted by Gasteiger charge is 2.31. The van der Waals surface area contributed by atoms with E-state index < -0.39 is 43.1 Å². The fraction of sp³-hybridized carbons (Fsp3) is 0.339. The Hall–Kier alpha value is -7.92. The summed E-state index contributed by atoms with van der Waals surface area (Å²) in [6.45, 7) is 0.816. The van der Waals surface area contributed by atoms with E-state index in [-0.39, 0.29) is 30.5 Å². The second-order valence-electron chi connectivity index (χ2n) is 20.1. The lowest BCUT2D eigenvalue weighted by molar-refractivity contribution is 0.0173. The van der Waals surface area contributed by atoms with Gasteiger partial charge in [-0.1, -0.05) is 43.5 Å². The molecular weight excluding hydrogens is 954 g/mol. The van der Waals surface area contributed by atoms with Gasteiger partial charge in [-0.3, -0.25) is 47.6 Å². The number of benzene rings is 2. The van der Waals surface area contributed by atoms with E-state index in [1.165, 1.54) is 17.0 Å². The number of nitrogens with zero attached hydrogens (tertiary/aromatic N) is 13. The molecule has 1 saturated heterocycles. The number of pyridine rings is 4. The van der Waals surface area contributed by atoms with Crippen LogP contribution < -0.4 is 11.4 Å². The quantitative estimate of drug-likeness (QED) is 0.156. The molecule has 12 rings (SSSR count). The fourth-order valence-corrected chi connectivity index (χ4v) is 10.4. The Morgan fingerprint density at radius 3 is 1.53 bits per heavy atom. The van der Waals surface area contributed by atoms with Gasteiger partial charge in [0.25, 0.3) is 0 Å². The molecular formula is C56H60ClN13O4. The van der Waals surface area contributed by atoms with Crippen molar-refractivity contribution < 1.29 is 17.8 Å². The number of halogens is 1. The van der Waals surface area contributed by atoms with Gasteiger partial charge >= 0.3 is 17.5 Å². The molecule has 74 heavy (non-hydrogen) atoms. The summed E-state index contributed by atoms with van der Waals surface area (Å²) in [4.78, 5) is 60.2. The van der Waals surface area contributed by atoms with E-state index in [9.17, 15) is 14.4 Å². The first-order valence-electron chi connectivity index (χ1n) is 27.6. The maximum absolute atomic E-state index is 13.9. The standard InChI is InChI=1S/C30H33N7O3.C26H26N6O.ClH/c1-30(2,3)40-29(39)36-12-6-7-22(18-36)37-27-23-13-19(8-11-25(23)32-16-26(27)35(5)28(37)38)20-9-10-24(31-14-20)21-15-33-34(4)17-21;1-30-16-19(14-29-30)22-10-9-18(13-27-22)17-8-11-23-21(12-17)25-24(15-28-23)31(2)26(33)32(25)20-6-4-3-5-7-20;/h8-11,13-17,22H,6-7,12,18H2,1-5H3;8-16,20H,3-7H2,1-2H3;1H/i5D3;2D3;. The van der Waals surface area contributed by atoms with Gasteiger partial charge in [-0.05, 0) is 94.0 Å². The molecule has 2 aromatic carbocycles. The van der Waals surface area contributed by atoms with Crippen LogP contribution in [-0.4, -0.2) is 87.4 Å². The minimum absolute atomic E-state index is 0. The summed E-state index contributed by atoms with van der Waals surface area (Å²) in [6, 6.07) is 19.0. The van der Waals surface area contributed by atoms with Crippen molar-refractivity contribution in [3.8, 4) is 44.8 Å². The molecule has 1 amide bonds. The zero-order valence-electron chi connectivity index (χ0n) is 47.8. The zero-order valence-corrected chi connectivity index (χ0v) is 42.6. The zero-order chi connectivity index (χ0) is 55.7. The number of amides is 1. The molecule has 1 unspecified atom stereocenters. The van der Waals surface area contributed by atoms with Crippen LogP contribution >= 0.6 is 12.4 Å². The van der Waals surface area contributed by atoms with Gasteiger partial charge in [0, 0.05) is 113 Å². The maximum atomic E-state index is 13.9. The minimum atomic E-state index is -2.72. The van der Waals surface area contributed by atoms with Crippen LogP contribution in [-0.2, 0) is 32.8 Å². The largest absolute Gasteiger partial charge is 0.444 e. The number of carbonyl (C=O) groups excluding carboxylic acids is 1. The van der Waals surface area contributed by atoms with Crippen molar-refractivity contribution >= 4 is 62.4 Å². The van der Waals surface area contributed by atoms with Crippen molar-refractivity contribution in [1.82, 2.24) is 62.7 Å². The van der Waals surface area contributed by atoms with Gasteiger partial charge in [-0.2, -0.15) is 10.2 Å². The first kappa shape index (κ1) is 42.6. The Balaban J connectivity index is 0.000000180. The number of aryl methyl sites for hydroxylation is 4. The van der Waals surface area contributed by atoms with E-state index in [1.807, 2.05) is 93.3 Å². The Morgan fingerprint density at radius 2 is 1.08 bits per heavy atom. The van der Waals surface area contributed by atoms with Crippen LogP contribution in [0, 0.1) is 0 Å². The van der Waals surface area contributed by atoms with Crippen LogP contribution in [0.4, 0.5) is 4.79 Å². The lowest BCUT2D eigenvalue weighted by Crippen LogP contribution is -2.45. The van der Waals surface area contributed by atoms with E-state index in [4.69, 9.17) is 13.0 Å². The molecule has 17 nitrogen and oxygen atoms in total. The van der Waals surface area contributed by atoms with Gasteiger partial charge in [-0.25, -0.2) is 14.4 Å². The van der Waals surface area contributed by atoms with E-state index in [2.05, 4.69) is 30.1 Å². The van der Waals surface area contributed by atoms with E-state index in [0.717, 1.165) is 96.9 Å². The van der Waals surface area contributed by atoms with E-state index >= 15 is 0 Å². The first-order valence-corrected chi connectivity index (χ1v) is 24.6. The van der Waals surface area contributed by atoms with E-state index in [0.29, 0.717) is 46.8 Å². The number of carbonyl (C=O) groups is 1. The Morgan fingerprint density at radius 1 is 0.595 bits per heavy atom. The van der Waals surface area contributed by atoms with Crippen molar-refractivity contribution in [2.45, 2.75) is 83.4 Å². The van der Waals surface area contributed by atoms with Crippen LogP contribution in [0.1, 0.15) is 86.0 Å². The molecule has 380 valence electrons. The SMILES string of the molecule is Cl.[2H]C([2H])([2H])n1c(=O)n(C2CCCCC2)c2c3cc(-c4ccc(-c5cnn(C)c5)nc4)ccc3ncc21.[2H]C([2H])([2H])n1c(=O)n(C2CCCN(C(=O)OC(C)(C)C)C2)c2c3cc(-c4ccc(-c5cnn(C)c5)nc4)ccc3ncc21. The fourth-order valence-electron chi connectivity index (χ4n) is 10.4. The highest BCUT2D eigenvalue weighted by Crippen LogP contribution is 2.36. The number of imidazole rings is 2. The van der Waals surface area contributed by atoms with Crippen molar-refractivity contribution in [1.29, 1.82) is 0 Å². The number of likely N-dealkylation sites (tertiary alicyclic amines) is 1. The van der Waals surface area contributed by atoms with Crippen LogP contribution in [0.15, 0.2) is 120 Å². The molecule has 1 aliphatic heterocycles. The molecule has 8 aromatic heterocycles. The molecule has 0 spiro atoms. The van der Waals surface area contributed by atoms with Crippen molar-refractivity contribution in [2.75, 3.05) is 13.1 Å². The summed E-state index contributed by atoms with van der Waals surface area (Å²) < 4.78 is 62.7. The predicted octanol–water partition coefficient (Wildman–Crippen LogP) is 10.2. The summed E-state index contributed by atoms with van der Waals surface area (Å²) >= 11 is 0. The second-order valence-corrected chi connectivity index (χ2v) is 20.1. The highest BCUT2D eigenvalue weighted by molar-refractivity contribution is 6.05. The molecule has 0 radical (unpaired) electrons. The minimum Gasteiger partial charge on any atom is -0.444 e. The molecule has 9 heterocycles. The number of hydrogen-bond acceptors (Lipinski definition) is 10. The van der Waals surface area contributed by atoms with E-state index in [1.54, 1.807) is 58.2 Å². The Kier molecular flexibility index (Phi) is 11.4. The molecule has 2 fully saturated rings. The molecule has 0 bridgehead atoms. The number of hydrogen-bond donors (Lipinski definition) is 0. The van der Waals surface area contributed by atoms with Crippen molar-refractivity contribution in [3.05, 3.63) is 131 Å². The molecule has 1 atom stereocenters. The number of piperidine rings is 1. The third-order valence-corrected chi connectivity index (χ3v) is 13.9. The number of ether oxygens (including phenoxy) is 1. The number of rotatable bonds is 6. The molecule has 18 heteroatoms. The van der Waals surface area contributed by atoms with Crippen LogP contribution in [0.3, 0.4) is 0 Å². The summed E-state index contributed by atoms with van der Waals surface area (Å²) in [5.41, 5.74) is 8.21. The Bertz CT molecular complexity index is 4070. The van der Waals surface area contributed by atoms with Crippen LogP contribution in [0.25, 0.3) is 88.6 Å². The third-order valence-electron chi connectivity index (χ3n) is 13.9. The van der Waals surface area contributed by atoms with Gasteiger partial charge in [-0.15, -0.1) is 12.4 Å².